The molecule has 9 heteroatoms. The van der Waals surface area contributed by atoms with Crippen LogP contribution >= 0.6 is 24.0 Å². The summed E-state index contributed by atoms with van der Waals surface area (Å²) in [5.41, 5.74) is 0.785. The van der Waals surface area contributed by atoms with E-state index in [0.29, 0.717) is 24.3 Å². The van der Waals surface area contributed by atoms with E-state index in [1.807, 2.05) is 24.8 Å². The molecule has 0 amide bonds. The van der Waals surface area contributed by atoms with Gasteiger partial charge in [-0.25, -0.2) is 14.4 Å². The number of guanidine groups is 1. The van der Waals surface area contributed by atoms with Gasteiger partial charge in [-0.05, 0) is 49.1 Å². The van der Waals surface area contributed by atoms with Crippen molar-refractivity contribution in [1.82, 2.24) is 24.8 Å². The van der Waals surface area contributed by atoms with Gasteiger partial charge in [0.1, 0.15) is 5.75 Å². The fraction of sp³-hybridized carbons (Fsp3) is 0.375. The minimum Gasteiger partial charge on any atom is -0.453 e. The molecule has 1 saturated heterocycles. The van der Waals surface area contributed by atoms with Gasteiger partial charge < -0.3 is 19.5 Å². The van der Waals surface area contributed by atoms with Crippen molar-refractivity contribution in [2.45, 2.75) is 32.9 Å². The van der Waals surface area contributed by atoms with Crippen LogP contribution in [0.1, 0.15) is 31.9 Å². The Kier molecular flexibility index (Phi) is 9.04. The van der Waals surface area contributed by atoms with Crippen LogP contribution in [0.2, 0.25) is 0 Å². The van der Waals surface area contributed by atoms with Gasteiger partial charge in [-0.3, -0.25) is 4.98 Å². The van der Waals surface area contributed by atoms with Crippen LogP contribution < -0.4 is 10.1 Å². The first-order valence-electron chi connectivity index (χ1n) is 11.0. The molecular formula is C24H30FIN6O. The number of pyridine rings is 1. The van der Waals surface area contributed by atoms with Gasteiger partial charge >= 0.3 is 0 Å². The molecule has 1 aromatic carbocycles. The Labute approximate surface area is 211 Å². The molecule has 2 unspecified atom stereocenters. The van der Waals surface area contributed by atoms with Gasteiger partial charge in [-0.15, -0.1) is 24.0 Å². The largest absolute Gasteiger partial charge is 0.453 e. The summed E-state index contributed by atoms with van der Waals surface area (Å²) in [6.45, 7) is 7.28. The van der Waals surface area contributed by atoms with Crippen molar-refractivity contribution in [3.05, 3.63) is 72.8 Å². The second-order valence-corrected chi connectivity index (χ2v) is 8.01. The number of ether oxygens (including phenoxy) is 1. The van der Waals surface area contributed by atoms with Crippen molar-refractivity contribution < 1.29 is 9.13 Å². The molecule has 1 aliphatic heterocycles. The molecule has 0 radical (unpaired) electrons. The van der Waals surface area contributed by atoms with Crippen LogP contribution in [0.5, 0.6) is 11.5 Å². The Balaban J connectivity index is 0.00000306. The Morgan fingerprint density at radius 1 is 1.27 bits per heavy atom. The zero-order chi connectivity index (χ0) is 22.3. The summed E-state index contributed by atoms with van der Waals surface area (Å²) >= 11 is 0. The first-order chi connectivity index (χ1) is 15.6. The third kappa shape index (κ3) is 6.43. The Morgan fingerprint density at radius 3 is 2.85 bits per heavy atom. The van der Waals surface area contributed by atoms with Crippen molar-refractivity contribution in [1.29, 1.82) is 0 Å². The zero-order valence-corrected chi connectivity index (χ0v) is 21.2. The summed E-state index contributed by atoms with van der Waals surface area (Å²) < 4.78 is 22.3. The van der Waals surface area contributed by atoms with Crippen LogP contribution in [0.15, 0.2) is 66.4 Å². The van der Waals surface area contributed by atoms with E-state index in [1.54, 1.807) is 30.6 Å². The molecule has 0 saturated carbocycles. The average Bonchev–Trinajstić information content (AvgIpc) is 3.34. The molecular weight excluding hydrogens is 534 g/mol. The van der Waals surface area contributed by atoms with Gasteiger partial charge in [0.25, 0.3) is 0 Å². The minimum atomic E-state index is -0.418. The molecule has 0 aliphatic carbocycles. The Morgan fingerprint density at radius 2 is 2.15 bits per heavy atom. The molecule has 2 aromatic heterocycles. The number of hydrogen-bond donors (Lipinski definition) is 1. The van der Waals surface area contributed by atoms with E-state index in [1.165, 1.54) is 6.07 Å². The Hall–Kier alpha value is -2.69. The maximum absolute atomic E-state index is 14.6. The lowest BCUT2D eigenvalue weighted by atomic mass is 9.93. The summed E-state index contributed by atoms with van der Waals surface area (Å²) in [5.74, 6) is 1.66. The molecule has 3 heterocycles. The molecule has 3 aromatic rings. The number of benzene rings is 1. The van der Waals surface area contributed by atoms with E-state index >= 15 is 0 Å². The smallest absolute Gasteiger partial charge is 0.194 e. The maximum Gasteiger partial charge on any atom is 0.194 e. The lowest BCUT2D eigenvalue weighted by molar-refractivity contribution is 0.189. The predicted octanol–water partition coefficient (Wildman–Crippen LogP) is 4.88. The molecule has 4 rings (SSSR count). The number of imidazole rings is 1. The first kappa shape index (κ1) is 24.9. The summed E-state index contributed by atoms with van der Waals surface area (Å²) in [7, 11) is 0. The molecule has 33 heavy (non-hydrogen) atoms. The van der Waals surface area contributed by atoms with Gasteiger partial charge in [0.2, 0.25) is 0 Å². The summed E-state index contributed by atoms with van der Waals surface area (Å²) in [5, 5.41) is 3.39. The van der Waals surface area contributed by atoms with Crippen LogP contribution in [0, 0.1) is 11.7 Å². The van der Waals surface area contributed by atoms with Crippen LogP contribution in [0.4, 0.5) is 4.39 Å². The van der Waals surface area contributed by atoms with Gasteiger partial charge in [-0.2, -0.15) is 0 Å². The van der Waals surface area contributed by atoms with Crippen molar-refractivity contribution in [3.63, 3.8) is 0 Å². The zero-order valence-electron chi connectivity index (χ0n) is 18.9. The Bertz CT molecular complexity index is 1030. The fourth-order valence-electron chi connectivity index (χ4n) is 3.95. The quantitative estimate of drug-likeness (QED) is 0.263. The van der Waals surface area contributed by atoms with Crippen molar-refractivity contribution in [2.24, 2.45) is 10.9 Å². The van der Waals surface area contributed by atoms with Crippen LogP contribution in [-0.2, 0) is 6.54 Å². The molecule has 0 spiro atoms. The SMILES string of the molecule is CCNC(=NCc1ccc(Oc2cccnc2)c(F)c1)N1CCC(C)C(n2ccnc2)C1.I. The molecule has 7 nitrogen and oxygen atoms in total. The van der Waals surface area contributed by atoms with Gasteiger partial charge in [-0.1, -0.05) is 13.0 Å². The van der Waals surface area contributed by atoms with Gasteiger partial charge in [0.15, 0.2) is 17.5 Å². The van der Waals surface area contributed by atoms with Crippen LogP contribution in [-0.4, -0.2) is 45.0 Å². The third-order valence-corrected chi connectivity index (χ3v) is 5.73. The number of aliphatic imine (C=N–C) groups is 1. The average molecular weight is 564 g/mol. The van der Waals surface area contributed by atoms with E-state index in [9.17, 15) is 4.39 Å². The molecule has 176 valence electrons. The number of piperidine rings is 1. The third-order valence-electron chi connectivity index (χ3n) is 5.73. The number of likely N-dealkylation sites (tertiary alicyclic amines) is 1. The highest BCUT2D eigenvalue weighted by Gasteiger charge is 2.28. The molecule has 1 aliphatic rings. The lowest BCUT2D eigenvalue weighted by Crippen LogP contribution is -2.49. The summed E-state index contributed by atoms with van der Waals surface area (Å²) in [6, 6.07) is 8.79. The van der Waals surface area contributed by atoms with E-state index in [-0.39, 0.29) is 29.7 Å². The second-order valence-electron chi connectivity index (χ2n) is 8.01. The summed E-state index contributed by atoms with van der Waals surface area (Å²) in [6.07, 6.45) is 9.99. The number of nitrogens with one attached hydrogen (secondary N) is 1. The number of nitrogens with zero attached hydrogens (tertiary/aromatic N) is 5. The molecule has 2 atom stereocenters. The second kappa shape index (κ2) is 12.0. The lowest BCUT2D eigenvalue weighted by Gasteiger charge is -2.39. The van der Waals surface area contributed by atoms with E-state index < -0.39 is 5.82 Å². The number of rotatable bonds is 6. The highest BCUT2D eigenvalue weighted by molar-refractivity contribution is 14.0. The maximum atomic E-state index is 14.6. The standard InChI is InChI=1S/C24H29FN6O.HI/c1-3-28-24(30-11-8-18(2)22(16-30)31-12-10-27-17-31)29-14-19-6-7-23(21(25)13-19)32-20-5-4-9-26-15-20;/h4-7,9-10,12-13,15,17-18,22H,3,8,11,14,16H2,1-2H3,(H,28,29);1H. The minimum absolute atomic E-state index is 0. The normalized spacial score (nSPS) is 18.5. The summed E-state index contributed by atoms with van der Waals surface area (Å²) in [4.78, 5) is 15.3. The molecule has 0 bridgehead atoms. The highest BCUT2D eigenvalue weighted by atomic mass is 127. The fourth-order valence-corrected chi connectivity index (χ4v) is 3.95. The van der Waals surface area contributed by atoms with Crippen molar-refractivity contribution in [2.75, 3.05) is 19.6 Å². The van der Waals surface area contributed by atoms with Crippen LogP contribution in [0.3, 0.4) is 0 Å². The number of halogens is 2. The monoisotopic (exact) mass is 564 g/mol. The van der Waals surface area contributed by atoms with Gasteiger partial charge in [0.05, 0.1) is 25.1 Å². The number of hydrogen-bond acceptors (Lipinski definition) is 4. The van der Waals surface area contributed by atoms with E-state index in [0.717, 1.165) is 37.6 Å². The number of aromatic nitrogens is 3. The molecule has 1 N–H and O–H groups in total. The highest BCUT2D eigenvalue weighted by Crippen LogP contribution is 2.28. The van der Waals surface area contributed by atoms with Crippen molar-refractivity contribution >= 4 is 29.9 Å². The van der Waals surface area contributed by atoms with Crippen molar-refractivity contribution in [3.8, 4) is 11.5 Å². The van der Waals surface area contributed by atoms with Crippen LogP contribution in [0.25, 0.3) is 0 Å². The van der Waals surface area contributed by atoms with E-state index in [4.69, 9.17) is 9.73 Å². The van der Waals surface area contributed by atoms with E-state index in [2.05, 4.69) is 38.6 Å². The molecule has 1 fully saturated rings. The first-order valence-corrected chi connectivity index (χ1v) is 11.0. The topological polar surface area (TPSA) is 67.6 Å². The predicted molar refractivity (Wildman–Crippen MR) is 138 cm³/mol. The van der Waals surface area contributed by atoms with Gasteiger partial charge in [0, 0.05) is 38.2 Å².